The van der Waals surface area contributed by atoms with Gasteiger partial charge in [-0.1, -0.05) is 30.3 Å². The van der Waals surface area contributed by atoms with Crippen LogP contribution in [0.25, 0.3) is 0 Å². The highest BCUT2D eigenvalue weighted by molar-refractivity contribution is 6.05. The molecule has 2 amide bonds. The molecule has 166 valence electrons. The van der Waals surface area contributed by atoms with Gasteiger partial charge in [0.25, 0.3) is 0 Å². The summed E-state index contributed by atoms with van der Waals surface area (Å²) in [5.41, 5.74) is 1.66. The Morgan fingerprint density at radius 1 is 1.13 bits per heavy atom. The molecule has 0 bridgehead atoms. The van der Waals surface area contributed by atoms with Gasteiger partial charge in [0.1, 0.15) is 5.60 Å². The number of ketones is 1. The first-order valence-corrected chi connectivity index (χ1v) is 9.38. The van der Waals surface area contributed by atoms with Crippen LogP contribution in [0.15, 0.2) is 30.3 Å². The number of amides is 2. The molecule has 0 aliphatic carbocycles. The van der Waals surface area contributed by atoms with Gasteiger partial charge in [0, 0.05) is 6.42 Å². The van der Waals surface area contributed by atoms with Crippen LogP contribution in [0.1, 0.15) is 39.7 Å². The highest BCUT2D eigenvalue weighted by Gasteiger charge is 2.40. The molecule has 30 heavy (non-hydrogen) atoms. The zero-order valence-corrected chi connectivity index (χ0v) is 17.5. The van der Waals surface area contributed by atoms with Gasteiger partial charge in [-0.15, -0.1) is 0 Å². The maximum atomic E-state index is 12.7. The third kappa shape index (κ3) is 8.91. The van der Waals surface area contributed by atoms with Crippen molar-refractivity contribution in [2.45, 2.75) is 52.4 Å². The highest BCUT2D eigenvalue weighted by atomic mass is 16.6. The average Bonchev–Trinajstić information content (AvgIpc) is 2.64. The first kappa shape index (κ1) is 24.9. The third-order valence-corrected chi connectivity index (χ3v) is 3.48. The first-order chi connectivity index (χ1) is 14.0. The average molecular weight is 424 g/mol. The maximum Gasteiger partial charge on any atom is 0.430 e. The predicted molar refractivity (Wildman–Crippen MR) is 105 cm³/mol. The van der Waals surface area contributed by atoms with Gasteiger partial charge in [0.15, 0.2) is 5.78 Å². The highest BCUT2D eigenvalue weighted by Crippen LogP contribution is 2.13. The number of Topliss-reactive ketones (excluding diaryl/α,β-unsaturated/α-hetero) is 1. The van der Waals surface area contributed by atoms with E-state index in [4.69, 9.17) is 19.3 Å². The van der Waals surface area contributed by atoms with E-state index in [2.05, 4.69) is 0 Å². The summed E-state index contributed by atoms with van der Waals surface area (Å²) in [6.45, 7) is 6.33. The van der Waals surface area contributed by atoms with Crippen LogP contribution in [0.2, 0.25) is 0 Å². The van der Waals surface area contributed by atoms with Gasteiger partial charge in [-0.2, -0.15) is 5.01 Å². The standard InChI is InChI=1S/C20H28N2O8/c1-5-29-17(24)16(22(21-18(25)26)19(27)30-20(2,3)4)15(23)11-12-28-13-14-9-7-6-8-10-14/h6-10,16,21H,5,11-13H2,1-4H3,(H,25,26). The summed E-state index contributed by atoms with van der Waals surface area (Å²) in [6.07, 6.45) is -3.11. The van der Waals surface area contributed by atoms with Crippen LogP contribution in [-0.2, 0) is 30.4 Å². The van der Waals surface area contributed by atoms with Crippen LogP contribution >= 0.6 is 0 Å². The van der Waals surface area contributed by atoms with Crippen molar-refractivity contribution in [3.05, 3.63) is 35.9 Å². The van der Waals surface area contributed by atoms with E-state index >= 15 is 0 Å². The third-order valence-electron chi connectivity index (χ3n) is 3.48. The van der Waals surface area contributed by atoms with Crippen molar-refractivity contribution in [2.75, 3.05) is 13.2 Å². The fourth-order valence-electron chi connectivity index (χ4n) is 2.31. The second-order valence-corrected chi connectivity index (χ2v) is 7.18. The van der Waals surface area contributed by atoms with Crippen LogP contribution in [0.4, 0.5) is 9.59 Å². The summed E-state index contributed by atoms with van der Waals surface area (Å²) >= 11 is 0. The van der Waals surface area contributed by atoms with E-state index in [1.54, 1.807) is 26.2 Å². The smallest absolute Gasteiger partial charge is 0.430 e. The number of carbonyl (C=O) groups excluding carboxylic acids is 3. The maximum absolute atomic E-state index is 12.7. The van der Waals surface area contributed by atoms with Crippen LogP contribution in [-0.4, -0.2) is 58.9 Å². The molecule has 1 rings (SSSR count). The molecule has 0 fully saturated rings. The Balaban J connectivity index is 2.91. The number of esters is 1. The molecule has 1 aromatic carbocycles. The van der Waals surface area contributed by atoms with Crippen LogP contribution in [0.3, 0.4) is 0 Å². The van der Waals surface area contributed by atoms with E-state index in [-0.39, 0.29) is 26.2 Å². The monoisotopic (exact) mass is 424 g/mol. The van der Waals surface area contributed by atoms with E-state index in [0.29, 0.717) is 5.01 Å². The number of carboxylic acid groups (broad SMARTS) is 1. The Bertz CT molecular complexity index is 730. The number of hydrazine groups is 1. The lowest BCUT2D eigenvalue weighted by Crippen LogP contribution is -2.59. The lowest BCUT2D eigenvalue weighted by Gasteiger charge is -2.30. The molecule has 1 aromatic rings. The SMILES string of the molecule is CCOC(=O)C(C(=O)CCOCc1ccccc1)N(NC(=O)O)C(=O)OC(C)(C)C. The van der Waals surface area contributed by atoms with Crippen molar-refractivity contribution >= 4 is 23.9 Å². The molecule has 0 aromatic heterocycles. The van der Waals surface area contributed by atoms with Crippen molar-refractivity contribution < 1.29 is 38.5 Å². The largest absolute Gasteiger partial charge is 0.464 e. The Morgan fingerprint density at radius 2 is 1.77 bits per heavy atom. The minimum atomic E-state index is -1.85. The number of nitrogens with zero attached hydrogens (tertiary/aromatic N) is 1. The molecule has 1 unspecified atom stereocenters. The molecule has 0 spiro atoms. The summed E-state index contributed by atoms with van der Waals surface area (Å²) in [4.78, 5) is 48.7. The van der Waals surface area contributed by atoms with Gasteiger partial charge >= 0.3 is 18.2 Å². The molecular formula is C20H28N2O8. The lowest BCUT2D eigenvalue weighted by molar-refractivity contribution is -0.154. The van der Waals surface area contributed by atoms with E-state index in [1.807, 2.05) is 30.3 Å². The van der Waals surface area contributed by atoms with Crippen molar-refractivity contribution in [3.8, 4) is 0 Å². The predicted octanol–water partition coefficient (Wildman–Crippen LogP) is 2.51. The Labute approximate surface area is 175 Å². The van der Waals surface area contributed by atoms with Gasteiger partial charge in [-0.25, -0.2) is 19.8 Å². The second kappa shape index (κ2) is 11.8. The summed E-state index contributed by atoms with van der Waals surface area (Å²) < 4.78 is 15.4. The number of hydrogen-bond donors (Lipinski definition) is 2. The summed E-state index contributed by atoms with van der Waals surface area (Å²) in [5.74, 6) is -1.84. The number of ether oxygens (including phenoxy) is 3. The first-order valence-electron chi connectivity index (χ1n) is 9.38. The van der Waals surface area contributed by atoms with Crippen LogP contribution < -0.4 is 5.43 Å². The van der Waals surface area contributed by atoms with Crippen LogP contribution in [0, 0.1) is 0 Å². The van der Waals surface area contributed by atoms with E-state index in [0.717, 1.165) is 5.56 Å². The van der Waals surface area contributed by atoms with E-state index < -0.39 is 35.6 Å². The van der Waals surface area contributed by atoms with Gasteiger partial charge < -0.3 is 19.3 Å². The number of hydrogen-bond acceptors (Lipinski definition) is 7. The number of rotatable bonds is 9. The molecule has 0 aliphatic heterocycles. The molecule has 0 saturated carbocycles. The van der Waals surface area contributed by atoms with E-state index in [9.17, 15) is 19.2 Å². The van der Waals surface area contributed by atoms with Gasteiger partial charge in [0.2, 0.25) is 6.04 Å². The topological polar surface area (TPSA) is 131 Å². The van der Waals surface area contributed by atoms with Gasteiger partial charge in [-0.05, 0) is 33.3 Å². The van der Waals surface area contributed by atoms with Gasteiger partial charge in [0.05, 0.1) is 19.8 Å². The zero-order valence-electron chi connectivity index (χ0n) is 17.5. The number of nitrogens with one attached hydrogen (secondary N) is 1. The molecule has 0 heterocycles. The molecule has 10 nitrogen and oxygen atoms in total. The molecule has 10 heteroatoms. The van der Waals surface area contributed by atoms with Crippen LogP contribution in [0.5, 0.6) is 0 Å². The molecule has 0 saturated heterocycles. The molecule has 2 N–H and O–H groups in total. The lowest BCUT2D eigenvalue weighted by atomic mass is 10.1. The molecule has 1 atom stereocenters. The fraction of sp³-hybridized carbons (Fsp3) is 0.500. The van der Waals surface area contributed by atoms with Crippen molar-refractivity contribution in [2.24, 2.45) is 0 Å². The molecule has 0 aliphatic rings. The normalized spacial score (nSPS) is 11.9. The summed E-state index contributed by atoms with van der Waals surface area (Å²) in [7, 11) is 0. The van der Waals surface area contributed by atoms with Gasteiger partial charge in [-0.3, -0.25) is 4.79 Å². The number of carbonyl (C=O) groups is 4. The summed E-state index contributed by atoms with van der Waals surface area (Å²) in [6, 6.07) is 7.40. The zero-order chi connectivity index (χ0) is 22.7. The molecule has 0 radical (unpaired) electrons. The molecular weight excluding hydrogens is 396 g/mol. The van der Waals surface area contributed by atoms with E-state index in [1.165, 1.54) is 6.92 Å². The summed E-state index contributed by atoms with van der Waals surface area (Å²) in [5, 5.41) is 9.39. The minimum Gasteiger partial charge on any atom is -0.464 e. The van der Waals surface area contributed by atoms with Crippen molar-refractivity contribution in [1.82, 2.24) is 10.4 Å². The van der Waals surface area contributed by atoms with Crippen molar-refractivity contribution in [3.63, 3.8) is 0 Å². The quantitative estimate of drug-likeness (QED) is 0.268. The minimum absolute atomic E-state index is 0.0428. The van der Waals surface area contributed by atoms with Crippen molar-refractivity contribution in [1.29, 1.82) is 0 Å². The Morgan fingerprint density at radius 3 is 2.30 bits per heavy atom. The Kier molecular flexibility index (Phi) is 9.76. The fourth-order valence-corrected chi connectivity index (χ4v) is 2.31. The number of benzene rings is 1. The Hall–Kier alpha value is -3.14. The second-order valence-electron chi connectivity index (χ2n) is 7.18.